The highest BCUT2D eigenvalue weighted by Gasteiger charge is 2.78. The molecule has 2 heterocycles. The second-order valence-corrected chi connectivity index (χ2v) is 3.81. The van der Waals surface area contributed by atoms with Crippen LogP contribution in [0.15, 0.2) is 0 Å². The third-order valence-corrected chi connectivity index (χ3v) is 2.73. The van der Waals surface area contributed by atoms with E-state index in [1.54, 1.807) is 0 Å². The molecule has 2 saturated heterocycles. The maximum absolute atomic E-state index is 10.8. The van der Waals surface area contributed by atoms with Gasteiger partial charge in [-0.2, -0.15) is 4.52 Å². The normalized spacial score (nSPS) is 44.7. The highest BCUT2D eigenvalue weighted by molar-refractivity contribution is 5.73. The first-order chi connectivity index (χ1) is 7.01. The van der Waals surface area contributed by atoms with Crippen LogP contribution in [0.4, 0.5) is 0 Å². The van der Waals surface area contributed by atoms with Gasteiger partial charge >= 0.3 is 5.79 Å². The van der Waals surface area contributed by atoms with Crippen molar-refractivity contribution in [1.82, 2.24) is 5.32 Å². The number of aliphatic hydroxyl groups excluding tert-OH is 3. The summed E-state index contributed by atoms with van der Waals surface area (Å²) in [5, 5.41) is 30.8. The molecule has 7 nitrogen and oxygen atoms in total. The average Bonchev–Trinajstić information content (AvgIpc) is 2.88. The molecule has 2 fully saturated rings. The predicted molar refractivity (Wildman–Crippen MR) is 46.5 cm³/mol. The lowest BCUT2D eigenvalue weighted by atomic mass is 9.97. The molecule has 0 radical (unpaired) electrons. The number of carbonyl (C=O) groups is 1. The maximum Gasteiger partial charge on any atom is 0.430 e. The molecule has 2 rings (SSSR count). The van der Waals surface area contributed by atoms with Crippen molar-refractivity contribution in [3.05, 3.63) is 0 Å². The zero-order chi connectivity index (χ0) is 11.2. The summed E-state index contributed by atoms with van der Waals surface area (Å²) in [7, 11) is 0. The Hall–Kier alpha value is -0.730. The van der Waals surface area contributed by atoms with Crippen LogP contribution in [0.1, 0.15) is 6.92 Å². The van der Waals surface area contributed by atoms with Crippen LogP contribution < -0.4 is 5.32 Å². The summed E-state index contributed by atoms with van der Waals surface area (Å²) in [6.45, 7) is 1.06. The van der Waals surface area contributed by atoms with E-state index >= 15 is 0 Å². The molecule has 0 aromatic rings. The number of amides is 1. The van der Waals surface area contributed by atoms with Crippen LogP contribution >= 0.6 is 0 Å². The van der Waals surface area contributed by atoms with E-state index in [1.807, 2.05) is 0 Å². The third-order valence-electron chi connectivity index (χ3n) is 2.73. The molecule has 4 atom stereocenters. The molecule has 7 heteroatoms. The number of hydrogen-bond acceptors (Lipinski definition) is 5. The molecular weight excluding hydrogens is 206 g/mol. The molecule has 0 unspecified atom stereocenters. The lowest BCUT2D eigenvalue weighted by molar-refractivity contribution is -0.210. The van der Waals surface area contributed by atoms with E-state index in [9.17, 15) is 15.0 Å². The smallest absolute Gasteiger partial charge is 0.387 e. The van der Waals surface area contributed by atoms with Crippen LogP contribution in [0.2, 0.25) is 0 Å². The van der Waals surface area contributed by atoms with Gasteiger partial charge in [0.15, 0.2) is 12.7 Å². The summed E-state index contributed by atoms with van der Waals surface area (Å²) in [6.07, 6.45) is -2.43. The fourth-order valence-corrected chi connectivity index (χ4v) is 1.83. The van der Waals surface area contributed by atoms with E-state index in [1.165, 1.54) is 6.92 Å². The van der Waals surface area contributed by atoms with Crippen molar-refractivity contribution in [2.75, 3.05) is 13.2 Å². The number of hydrogen-bond donors (Lipinski definition) is 4. The van der Waals surface area contributed by atoms with Gasteiger partial charge in [-0.05, 0) is 4.89 Å². The molecule has 15 heavy (non-hydrogen) atoms. The summed E-state index contributed by atoms with van der Waals surface area (Å²) in [4.78, 5) is 15.8. The SMILES string of the molecule is CC(=O)N[C@H]1C[O+]2O[C@@]2(CO)[C@@H](O)[C@@H]1O. The van der Waals surface area contributed by atoms with E-state index in [-0.39, 0.29) is 12.5 Å². The molecule has 0 saturated carbocycles. The highest BCUT2D eigenvalue weighted by atomic mass is 17.5. The van der Waals surface area contributed by atoms with Crippen molar-refractivity contribution in [2.24, 2.45) is 0 Å². The first kappa shape index (κ1) is 10.8. The second kappa shape index (κ2) is 3.39. The van der Waals surface area contributed by atoms with Gasteiger partial charge in [0.1, 0.15) is 12.1 Å². The number of nitrogens with one attached hydrogen (secondary N) is 1. The summed E-state index contributed by atoms with van der Waals surface area (Å²) >= 11 is 0. The van der Waals surface area contributed by atoms with Gasteiger partial charge < -0.3 is 20.6 Å². The van der Waals surface area contributed by atoms with Gasteiger partial charge in [0.25, 0.3) is 0 Å². The zero-order valence-corrected chi connectivity index (χ0v) is 8.21. The van der Waals surface area contributed by atoms with Crippen LogP contribution in [0.5, 0.6) is 0 Å². The van der Waals surface area contributed by atoms with Crippen LogP contribution in [0, 0.1) is 0 Å². The average molecular weight is 220 g/mol. The minimum Gasteiger partial charge on any atom is -0.387 e. The fraction of sp³-hybridized carbons (Fsp3) is 0.875. The van der Waals surface area contributed by atoms with Gasteiger partial charge in [0.2, 0.25) is 12.5 Å². The van der Waals surface area contributed by atoms with E-state index in [4.69, 9.17) is 9.99 Å². The van der Waals surface area contributed by atoms with Crippen molar-refractivity contribution in [2.45, 2.75) is 31.0 Å². The molecule has 0 aromatic heterocycles. The van der Waals surface area contributed by atoms with Gasteiger partial charge in [0.05, 0.1) is 0 Å². The quantitative estimate of drug-likeness (QED) is 0.232. The Morgan fingerprint density at radius 2 is 2.33 bits per heavy atom. The molecule has 1 amide bonds. The van der Waals surface area contributed by atoms with Gasteiger partial charge in [0, 0.05) is 6.92 Å². The van der Waals surface area contributed by atoms with E-state index in [0.717, 1.165) is 0 Å². The predicted octanol–water partition coefficient (Wildman–Crippen LogP) is -2.59. The second-order valence-electron chi connectivity index (χ2n) is 3.81. The largest absolute Gasteiger partial charge is 0.430 e. The van der Waals surface area contributed by atoms with Crippen LogP contribution in [0.25, 0.3) is 0 Å². The number of rotatable bonds is 2. The molecule has 0 aliphatic carbocycles. The Morgan fingerprint density at radius 1 is 1.67 bits per heavy atom. The summed E-state index contributed by atoms with van der Waals surface area (Å²) in [5.41, 5.74) is 0. The highest BCUT2D eigenvalue weighted by Crippen LogP contribution is 2.47. The van der Waals surface area contributed by atoms with Gasteiger partial charge in [-0.25, -0.2) is 0 Å². The van der Waals surface area contributed by atoms with Crippen LogP contribution in [-0.4, -0.2) is 58.5 Å². The van der Waals surface area contributed by atoms with E-state index in [2.05, 4.69) is 9.83 Å². The van der Waals surface area contributed by atoms with Crippen molar-refractivity contribution >= 4 is 5.91 Å². The van der Waals surface area contributed by atoms with Crippen molar-refractivity contribution in [3.63, 3.8) is 0 Å². The Bertz CT molecular complexity index is 284. The Morgan fingerprint density at radius 3 is 2.87 bits per heavy atom. The number of carbonyl (C=O) groups excluding carboxylic acids is 1. The minimum atomic E-state index is -1.27. The zero-order valence-electron chi connectivity index (χ0n) is 8.21. The van der Waals surface area contributed by atoms with Gasteiger partial charge in [-0.15, -0.1) is 0 Å². The van der Waals surface area contributed by atoms with Crippen LogP contribution in [0.3, 0.4) is 0 Å². The molecule has 0 spiro atoms. The Kier molecular flexibility index (Phi) is 2.44. The first-order valence-corrected chi connectivity index (χ1v) is 4.66. The van der Waals surface area contributed by atoms with Crippen LogP contribution in [-0.2, 0) is 14.2 Å². The first-order valence-electron chi connectivity index (χ1n) is 4.66. The van der Waals surface area contributed by atoms with Gasteiger partial charge in [-0.1, -0.05) is 0 Å². The molecule has 0 bridgehead atoms. The Balaban J connectivity index is 2.07. The molecule has 2 aliphatic rings. The van der Waals surface area contributed by atoms with Crippen molar-refractivity contribution in [3.8, 4) is 0 Å². The van der Waals surface area contributed by atoms with Gasteiger partial charge in [-0.3, -0.25) is 4.79 Å². The van der Waals surface area contributed by atoms with E-state index < -0.39 is 30.6 Å². The fourth-order valence-electron chi connectivity index (χ4n) is 1.83. The number of fused-ring (bicyclic) bond motifs is 1. The molecule has 0 aromatic carbocycles. The van der Waals surface area contributed by atoms with Crippen molar-refractivity contribution in [1.29, 1.82) is 0 Å². The number of aliphatic hydroxyl groups is 3. The monoisotopic (exact) mass is 220 g/mol. The van der Waals surface area contributed by atoms with Crippen molar-refractivity contribution < 1.29 is 29.5 Å². The maximum atomic E-state index is 10.8. The summed E-state index contributed by atoms with van der Waals surface area (Å²) in [5.74, 6) is -1.56. The minimum absolute atomic E-state index is 0.165. The lowest BCUT2D eigenvalue weighted by Gasteiger charge is -2.27. The molecule has 2 aliphatic heterocycles. The lowest BCUT2D eigenvalue weighted by Crippen LogP contribution is -2.60. The Labute approximate surface area is 85.9 Å². The van der Waals surface area contributed by atoms with E-state index in [0.29, 0.717) is 0 Å². The standard InChI is InChI=1S/C8H13NO6/c1-4(11)9-5-2-15-8(3-10,14-15)7(13)6(5)12/h5-7,10,12-13H,2-3H2,1H3/p+1/t5-,6+,7-,8+/m0/s1. The molecule has 86 valence electrons. The molecule has 4 N–H and O–H groups in total. The summed E-state index contributed by atoms with van der Waals surface area (Å²) < 4.78 is 2.19. The summed E-state index contributed by atoms with van der Waals surface area (Å²) in [6, 6.07) is -0.621. The topological polar surface area (TPSA) is 105 Å². The third kappa shape index (κ3) is 1.52. The molecular formula is C8H14NO6+.